The summed E-state index contributed by atoms with van der Waals surface area (Å²) >= 11 is 0. The number of piperazine rings is 1. The van der Waals surface area contributed by atoms with E-state index in [9.17, 15) is 14.4 Å². The molecule has 1 saturated carbocycles. The van der Waals surface area contributed by atoms with Crippen LogP contribution in [0.3, 0.4) is 0 Å². The molecule has 2 saturated heterocycles. The summed E-state index contributed by atoms with van der Waals surface area (Å²) in [6.07, 6.45) is 6.65. The fourth-order valence-electron chi connectivity index (χ4n) is 5.74. The van der Waals surface area contributed by atoms with Gasteiger partial charge in [-0.25, -0.2) is 4.98 Å². The average Bonchev–Trinajstić information content (AvgIpc) is 3.50. The first-order valence-electron chi connectivity index (χ1n) is 11.7. The first-order chi connectivity index (χ1) is 15.5. The van der Waals surface area contributed by atoms with Gasteiger partial charge in [-0.05, 0) is 30.4 Å². The third-order valence-electron chi connectivity index (χ3n) is 7.34. The summed E-state index contributed by atoms with van der Waals surface area (Å²) in [5.41, 5.74) is 0. The van der Waals surface area contributed by atoms with Crippen molar-refractivity contribution < 1.29 is 19.1 Å². The zero-order valence-electron chi connectivity index (χ0n) is 18.4. The van der Waals surface area contributed by atoms with E-state index in [4.69, 9.17) is 4.74 Å². The molecule has 3 heterocycles. The van der Waals surface area contributed by atoms with Crippen LogP contribution in [0.25, 0.3) is 0 Å². The molecule has 8 nitrogen and oxygen atoms in total. The van der Waals surface area contributed by atoms with E-state index in [1.54, 1.807) is 13.1 Å². The van der Waals surface area contributed by atoms with E-state index in [1.165, 1.54) is 4.90 Å². The minimum absolute atomic E-state index is 0.0885. The van der Waals surface area contributed by atoms with Crippen molar-refractivity contribution in [1.82, 2.24) is 14.8 Å². The van der Waals surface area contributed by atoms with Crippen molar-refractivity contribution in [2.75, 3.05) is 44.2 Å². The molecule has 0 spiro atoms. The molecule has 170 valence electrons. The number of carbonyl (C=O) groups is 3. The fourth-order valence-corrected chi connectivity index (χ4v) is 5.74. The number of fused-ring (bicyclic) bond motifs is 5. The molecule has 0 radical (unpaired) electrons. The maximum atomic E-state index is 13.1. The Labute approximate surface area is 188 Å². The third kappa shape index (κ3) is 3.81. The molecule has 0 N–H and O–H groups in total. The molecule has 3 fully saturated rings. The zero-order chi connectivity index (χ0) is 22.2. The molecule has 0 aromatic carbocycles. The molecule has 5 atom stereocenters. The molecule has 1 aromatic heterocycles. The number of nitrogens with zero attached hydrogens (tertiary/aromatic N) is 4. The van der Waals surface area contributed by atoms with Crippen molar-refractivity contribution >= 4 is 23.6 Å². The van der Waals surface area contributed by atoms with Crippen LogP contribution in [0.5, 0.6) is 0 Å². The normalized spacial score (nSPS) is 30.2. The van der Waals surface area contributed by atoms with Crippen molar-refractivity contribution in [3.63, 3.8) is 0 Å². The second-order valence-electron chi connectivity index (χ2n) is 9.23. The van der Waals surface area contributed by atoms with Crippen LogP contribution in [0.2, 0.25) is 0 Å². The first kappa shape index (κ1) is 21.1. The molecule has 2 aliphatic carbocycles. The summed E-state index contributed by atoms with van der Waals surface area (Å²) in [6, 6.07) is 5.89. The highest BCUT2D eigenvalue weighted by Crippen LogP contribution is 2.52. The summed E-state index contributed by atoms with van der Waals surface area (Å²) in [6.45, 7) is 5.68. The third-order valence-corrected chi connectivity index (χ3v) is 7.34. The van der Waals surface area contributed by atoms with Gasteiger partial charge >= 0.3 is 5.97 Å². The van der Waals surface area contributed by atoms with Gasteiger partial charge in [0.1, 0.15) is 11.9 Å². The Kier molecular flexibility index (Phi) is 5.71. The highest BCUT2D eigenvalue weighted by Gasteiger charge is 2.59. The molecule has 2 aliphatic heterocycles. The van der Waals surface area contributed by atoms with Crippen LogP contribution in [-0.2, 0) is 19.1 Å². The molecule has 5 unspecified atom stereocenters. The summed E-state index contributed by atoms with van der Waals surface area (Å²) < 4.78 is 5.70. The van der Waals surface area contributed by atoms with Crippen LogP contribution < -0.4 is 4.90 Å². The topological polar surface area (TPSA) is 83.1 Å². The minimum Gasteiger partial charge on any atom is -0.459 e. The lowest BCUT2D eigenvalue weighted by Gasteiger charge is -2.37. The SMILES string of the molecule is CCC(=O)OC(CN1CCN(c2ccccn2)CC1)CN1C(=O)C2C3C=CC(C3)C2C1=O. The van der Waals surface area contributed by atoms with E-state index in [0.717, 1.165) is 38.4 Å². The number of esters is 1. The summed E-state index contributed by atoms with van der Waals surface area (Å²) in [4.78, 5) is 48.5. The Morgan fingerprint density at radius 3 is 2.34 bits per heavy atom. The van der Waals surface area contributed by atoms with Crippen LogP contribution in [-0.4, -0.2) is 77.9 Å². The van der Waals surface area contributed by atoms with Gasteiger partial charge in [-0.15, -0.1) is 0 Å². The molecule has 1 aromatic rings. The Hall–Kier alpha value is -2.74. The van der Waals surface area contributed by atoms with E-state index in [-0.39, 0.29) is 54.4 Å². The Balaban J connectivity index is 1.22. The average molecular weight is 439 g/mol. The number of hydrogen-bond acceptors (Lipinski definition) is 7. The Morgan fingerprint density at radius 1 is 1.06 bits per heavy atom. The molecular weight excluding hydrogens is 408 g/mol. The fraction of sp³-hybridized carbons (Fsp3) is 0.583. The Bertz CT molecular complexity index is 882. The van der Waals surface area contributed by atoms with Crippen LogP contribution in [0.1, 0.15) is 19.8 Å². The predicted octanol–water partition coefficient (Wildman–Crippen LogP) is 1.33. The number of likely N-dealkylation sites (tertiary alicyclic amines) is 1. The van der Waals surface area contributed by atoms with E-state index in [1.807, 2.05) is 18.2 Å². The number of hydrogen-bond donors (Lipinski definition) is 0. The molecule has 5 rings (SSSR count). The van der Waals surface area contributed by atoms with Gasteiger partial charge in [-0.3, -0.25) is 24.2 Å². The van der Waals surface area contributed by atoms with E-state index in [2.05, 4.69) is 26.9 Å². The highest BCUT2D eigenvalue weighted by molar-refractivity contribution is 6.06. The summed E-state index contributed by atoms with van der Waals surface area (Å²) in [5, 5.41) is 0. The molecule has 32 heavy (non-hydrogen) atoms. The monoisotopic (exact) mass is 438 g/mol. The number of anilines is 1. The van der Waals surface area contributed by atoms with Crippen molar-refractivity contribution in [1.29, 1.82) is 0 Å². The van der Waals surface area contributed by atoms with Crippen LogP contribution in [0.15, 0.2) is 36.5 Å². The smallest absolute Gasteiger partial charge is 0.305 e. The van der Waals surface area contributed by atoms with Gasteiger partial charge in [-0.1, -0.05) is 25.1 Å². The van der Waals surface area contributed by atoms with Gasteiger partial charge in [0.25, 0.3) is 0 Å². The number of allylic oxidation sites excluding steroid dienone is 2. The lowest BCUT2D eigenvalue weighted by Crippen LogP contribution is -2.51. The Morgan fingerprint density at radius 2 is 1.75 bits per heavy atom. The highest BCUT2D eigenvalue weighted by atomic mass is 16.5. The van der Waals surface area contributed by atoms with Gasteiger partial charge < -0.3 is 9.64 Å². The van der Waals surface area contributed by atoms with Crippen molar-refractivity contribution in [2.24, 2.45) is 23.7 Å². The number of imide groups is 1. The molecule has 2 bridgehead atoms. The second kappa shape index (κ2) is 8.65. The maximum absolute atomic E-state index is 13.1. The maximum Gasteiger partial charge on any atom is 0.305 e. The largest absolute Gasteiger partial charge is 0.459 e. The number of aromatic nitrogens is 1. The van der Waals surface area contributed by atoms with Crippen molar-refractivity contribution in [3.8, 4) is 0 Å². The molecule has 2 amide bonds. The van der Waals surface area contributed by atoms with Crippen LogP contribution in [0.4, 0.5) is 5.82 Å². The van der Waals surface area contributed by atoms with E-state index in [0.29, 0.717) is 6.54 Å². The minimum atomic E-state index is -0.513. The number of amides is 2. The van der Waals surface area contributed by atoms with E-state index < -0.39 is 6.10 Å². The summed E-state index contributed by atoms with van der Waals surface area (Å²) in [7, 11) is 0. The molecule has 4 aliphatic rings. The van der Waals surface area contributed by atoms with Gasteiger partial charge in [0, 0.05) is 45.3 Å². The molecular formula is C24H30N4O4. The number of pyridine rings is 1. The van der Waals surface area contributed by atoms with E-state index >= 15 is 0 Å². The molecule has 8 heteroatoms. The van der Waals surface area contributed by atoms with Gasteiger partial charge in [-0.2, -0.15) is 0 Å². The van der Waals surface area contributed by atoms with Gasteiger partial charge in [0.2, 0.25) is 11.8 Å². The second-order valence-corrected chi connectivity index (χ2v) is 9.23. The van der Waals surface area contributed by atoms with Gasteiger partial charge in [0.15, 0.2) is 0 Å². The number of rotatable bonds is 7. The van der Waals surface area contributed by atoms with Crippen molar-refractivity contribution in [2.45, 2.75) is 25.9 Å². The first-order valence-corrected chi connectivity index (χ1v) is 11.7. The van der Waals surface area contributed by atoms with Crippen LogP contribution in [0, 0.1) is 23.7 Å². The lowest BCUT2D eigenvalue weighted by atomic mass is 9.85. The van der Waals surface area contributed by atoms with Crippen molar-refractivity contribution in [3.05, 3.63) is 36.5 Å². The number of ether oxygens (including phenoxy) is 1. The predicted molar refractivity (Wildman–Crippen MR) is 117 cm³/mol. The number of carbonyl (C=O) groups excluding carboxylic acids is 3. The lowest BCUT2D eigenvalue weighted by molar-refractivity contribution is -0.155. The standard InChI is InChI=1S/C24H30N4O4/c1-2-20(29)32-18(14-26-9-11-27(12-10-26)19-5-3-4-8-25-19)15-28-23(30)21-16-6-7-17(13-16)22(21)24(28)31/h3-8,16-18,21-22H,2,9-15H2,1H3. The quantitative estimate of drug-likeness (QED) is 0.361. The van der Waals surface area contributed by atoms with Crippen LogP contribution >= 0.6 is 0 Å². The zero-order valence-corrected chi connectivity index (χ0v) is 18.4. The van der Waals surface area contributed by atoms with Gasteiger partial charge in [0.05, 0.1) is 18.4 Å². The summed E-state index contributed by atoms with van der Waals surface area (Å²) in [5.74, 6) is 0.408.